The van der Waals surface area contributed by atoms with Crippen LogP contribution in [0.3, 0.4) is 0 Å². The highest BCUT2D eigenvalue weighted by molar-refractivity contribution is 7.11. The van der Waals surface area contributed by atoms with Crippen molar-refractivity contribution >= 4 is 11.3 Å². The first-order valence-electron chi connectivity index (χ1n) is 6.27. The third kappa shape index (κ3) is 3.52. The second-order valence-corrected chi connectivity index (χ2v) is 5.92. The molecule has 0 aromatic carbocycles. The number of aryl methyl sites for hydroxylation is 1. The van der Waals surface area contributed by atoms with Gasteiger partial charge in [-0.3, -0.25) is 4.90 Å². The van der Waals surface area contributed by atoms with Crippen LogP contribution in [0, 0.1) is 0 Å². The van der Waals surface area contributed by atoms with Gasteiger partial charge in [-0.15, -0.1) is 11.3 Å². The summed E-state index contributed by atoms with van der Waals surface area (Å²) in [7, 11) is 0. The Hall–Kier alpha value is -0.420. The molecule has 0 bridgehead atoms. The molecule has 0 saturated carbocycles. The molecule has 1 aliphatic rings. The maximum atomic E-state index is 9.19. The molecule has 1 N–H and O–H groups in total. The van der Waals surface area contributed by atoms with Crippen molar-refractivity contribution in [2.24, 2.45) is 0 Å². The van der Waals surface area contributed by atoms with Gasteiger partial charge in [0.15, 0.2) is 0 Å². The van der Waals surface area contributed by atoms with Gasteiger partial charge >= 0.3 is 0 Å². The lowest BCUT2D eigenvalue weighted by molar-refractivity contribution is -0.0970. The van der Waals surface area contributed by atoms with Crippen LogP contribution in [0.4, 0.5) is 0 Å². The Bertz CT molecular complexity index is 353. The molecule has 2 heterocycles. The zero-order valence-corrected chi connectivity index (χ0v) is 11.4. The first-order valence-corrected chi connectivity index (χ1v) is 7.09. The van der Waals surface area contributed by atoms with E-state index in [1.807, 2.05) is 11.3 Å². The van der Waals surface area contributed by atoms with E-state index in [4.69, 9.17) is 4.74 Å². The fraction of sp³-hybridized carbons (Fsp3) is 0.692. The summed E-state index contributed by atoms with van der Waals surface area (Å²) in [4.78, 5) is 5.23. The van der Waals surface area contributed by atoms with Crippen LogP contribution in [0.15, 0.2) is 12.1 Å². The van der Waals surface area contributed by atoms with E-state index in [2.05, 4.69) is 30.9 Å². The van der Waals surface area contributed by atoms with Crippen LogP contribution >= 0.6 is 11.3 Å². The molecule has 2 unspecified atom stereocenters. The van der Waals surface area contributed by atoms with Gasteiger partial charge in [0.05, 0.1) is 18.8 Å². The summed E-state index contributed by atoms with van der Waals surface area (Å²) in [5, 5.41) is 9.19. The van der Waals surface area contributed by atoms with E-state index in [9.17, 15) is 5.11 Å². The van der Waals surface area contributed by atoms with E-state index in [0.29, 0.717) is 0 Å². The van der Waals surface area contributed by atoms with Crippen molar-refractivity contribution in [2.45, 2.75) is 39.0 Å². The maximum absolute atomic E-state index is 9.19. The van der Waals surface area contributed by atoms with Gasteiger partial charge in [-0.1, -0.05) is 6.92 Å². The highest BCUT2D eigenvalue weighted by atomic mass is 32.1. The average molecular weight is 255 g/mol. The van der Waals surface area contributed by atoms with E-state index in [1.165, 1.54) is 9.75 Å². The highest BCUT2D eigenvalue weighted by Crippen LogP contribution is 2.21. The number of hydrogen-bond acceptors (Lipinski definition) is 4. The lowest BCUT2D eigenvalue weighted by atomic mass is 10.2. The number of aliphatic hydroxyl groups excluding tert-OH is 1. The molecule has 4 heteroatoms. The van der Waals surface area contributed by atoms with E-state index in [-0.39, 0.29) is 18.8 Å². The monoisotopic (exact) mass is 255 g/mol. The molecule has 0 aliphatic carbocycles. The first-order chi connectivity index (χ1) is 8.21. The summed E-state index contributed by atoms with van der Waals surface area (Å²) in [5.74, 6) is 0. The van der Waals surface area contributed by atoms with Gasteiger partial charge < -0.3 is 9.84 Å². The Balaban J connectivity index is 1.93. The van der Waals surface area contributed by atoms with Crippen molar-refractivity contribution in [3.63, 3.8) is 0 Å². The molecule has 1 aromatic rings. The second kappa shape index (κ2) is 5.96. The molecule has 2 atom stereocenters. The maximum Gasteiger partial charge on any atom is 0.0936 e. The van der Waals surface area contributed by atoms with Crippen LogP contribution < -0.4 is 0 Å². The van der Waals surface area contributed by atoms with Crippen LogP contribution in [0.25, 0.3) is 0 Å². The van der Waals surface area contributed by atoms with Crippen molar-refractivity contribution in [3.05, 3.63) is 21.9 Å². The van der Waals surface area contributed by atoms with Crippen LogP contribution in [0.2, 0.25) is 0 Å². The Labute approximate surface area is 107 Å². The summed E-state index contributed by atoms with van der Waals surface area (Å²) in [6.45, 7) is 7.14. The smallest absolute Gasteiger partial charge is 0.0936 e. The Morgan fingerprint density at radius 2 is 2.18 bits per heavy atom. The molecule has 96 valence electrons. The van der Waals surface area contributed by atoms with Crippen molar-refractivity contribution in [1.29, 1.82) is 0 Å². The first kappa shape index (κ1) is 13.0. The summed E-state index contributed by atoms with van der Waals surface area (Å²) in [5.41, 5.74) is 0. The zero-order valence-electron chi connectivity index (χ0n) is 10.6. The topological polar surface area (TPSA) is 32.7 Å². The van der Waals surface area contributed by atoms with Gasteiger partial charge in [-0.05, 0) is 25.5 Å². The lowest BCUT2D eigenvalue weighted by Gasteiger charge is -2.35. The van der Waals surface area contributed by atoms with Gasteiger partial charge in [0.25, 0.3) is 0 Å². The molecular weight excluding hydrogens is 234 g/mol. The molecule has 1 aliphatic heterocycles. The summed E-state index contributed by atoms with van der Waals surface area (Å²) in [6.07, 6.45) is 1.31. The highest BCUT2D eigenvalue weighted by Gasteiger charge is 2.24. The predicted octanol–water partition coefficient (Wildman–Crippen LogP) is 1.89. The van der Waals surface area contributed by atoms with E-state index < -0.39 is 0 Å². The lowest BCUT2D eigenvalue weighted by Crippen LogP contribution is -2.47. The SMILES string of the molecule is CCc1ccc(CN2CC(C)OC(CO)C2)s1. The van der Waals surface area contributed by atoms with Crippen LogP contribution in [-0.4, -0.2) is 41.9 Å². The van der Waals surface area contributed by atoms with Crippen molar-refractivity contribution < 1.29 is 9.84 Å². The van der Waals surface area contributed by atoms with E-state index in [0.717, 1.165) is 26.1 Å². The third-order valence-corrected chi connectivity index (χ3v) is 4.27. The second-order valence-electron chi connectivity index (χ2n) is 4.67. The predicted molar refractivity (Wildman–Crippen MR) is 70.4 cm³/mol. The number of thiophene rings is 1. The van der Waals surface area contributed by atoms with Crippen molar-refractivity contribution in [1.82, 2.24) is 4.90 Å². The molecule has 0 spiro atoms. The quantitative estimate of drug-likeness (QED) is 0.892. The number of nitrogens with zero attached hydrogens (tertiary/aromatic N) is 1. The molecular formula is C13H21NO2S. The van der Waals surface area contributed by atoms with Crippen molar-refractivity contribution in [2.75, 3.05) is 19.7 Å². The Morgan fingerprint density at radius 1 is 1.41 bits per heavy atom. The standard InChI is InChI=1S/C13H21NO2S/c1-3-12-4-5-13(17-12)8-14-6-10(2)16-11(7-14)9-15/h4-5,10-11,15H,3,6-9H2,1-2H3. The number of ether oxygens (including phenoxy) is 1. The number of morpholine rings is 1. The van der Waals surface area contributed by atoms with E-state index in [1.54, 1.807) is 0 Å². The molecule has 0 radical (unpaired) electrons. The molecule has 0 amide bonds. The minimum Gasteiger partial charge on any atom is -0.394 e. The van der Waals surface area contributed by atoms with Gasteiger partial charge in [-0.2, -0.15) is 0 Å². The Kier molecular flexibility index (Phi) is 4.56. The largest absolute Gasteiger partial charge is 0.394 e. The number of rotatable bonds is 4. The molecule has 3 nitrogen and oxygen atoms in total. The summed E-state index contributed by atoms with van der Waals surface area (Å²) >= 11 is 1.89. The third-order valence-electron chi connectivity index (χ3n) is 3.05. The Morgan fingerprint density at radius 3 is 2.82 bits per heavy atom. The zero-order chi connectivity index (χ0) is 12.3. The average Bonchev–Trinajstić information content (AvgIpc) is 2.76. The number of aliphatic hydroxyl groups is 1. The molecule has 1 saturated heterocycles. The summed E-state index contributed by atoms with van der Waals surface area (Å²) in [6, 6.07) is 4.44. The summed E-state index contributed by atoms with van der Waals surface area (Å²) < 4.78 is 5.64. The van der Waals surface area contributed by atoms with Crippen LogP contribution in [0.1, 0.15) is 23.6 Å². The fourth-order valence-electron chi connectivity index (χ4n) is 2.29. The molecule has 1 fully saturated rings. The minimum absolute atomic E-state index is 0.0237. The fourth-order valence-corrected chi connectivity index (χ4v) is 3.29. The minimum atomic E-state index is -0.0237. The van der Waals surface area contributed by atoms with Crippen LogP contribution in [0.5, 0.6) is 0 Å². The molecule has 2 rings (SSSR count). The normalized spacial score (nSPS) is 26.3. The van der Waals surface area contributed by atoms with E-state index >= 15 is 0 Å². The molecule has 1 aromatic heterocycles. The van der Waals surface area contributed by atoms with Crippen molar-refractivity contribution in [3.8, 4) is 0 Å². The van der Waals surface area contributed by atoms with Gasteiger partial charge in [0.1, 0.15) is 0 Å². The van der Waals surface area contributed by atoms with Gasteiger partial charge in [-0.25, -0.2) is 0 Å². The number of hydrogen-bond donors (Lipinski definition) is 1. The van der Waals surface area contributed by atoms with Crippen LogP contribution in [-0.2, 0) is 17.7 Å². The van der Waals surface area contributed by atoms with Gasteiger partial charge in [0.2, 0.25) is 0 Å². The van der Waals surface area contributed by atoms with Gasteiger partial charge in [0, 0.05) is 29.4 Å². The molecule has 17 heavy (non-hydrogen) atoms.